The summed E-state index contributed by atoms with van der Waals surface area (Å²) in [5, 5.41) is 0. The Bertz CT molecular complexity index is 801. The van der Waals surface area contributed by atoms with Crippen molar-refractivity contribution in [2.24, 2.45) is 0 Å². The van der Waals surface area contributed by atoms with Crippen LogP contribution in [0.5, 0.6) is 0 Å². The molecule has 0 saturated carbocycles. The molecule has 0 bridgehead atoms. The number of hydrogen-bond acceptors (Lipinski definition) is 0. The molecular weight excluding hydrogens is 625 g/mol. The highest BCUT2D eigenvalue weighted by atomic mass is 14.1. The molecule has 0 aliphatic heterocycles. The normalized spacial score (nSPS) is 11.3. The van der Waals surface area contributed by atoms with Crippen LogP contribution in [-0.4, -0.2) is 0 Å². The van der Waals surface area contributed by atoms with Gasteiger partial charge in [0.25, 0.3) is 0 Å². The fourth-order valence-corrected chi connectivity index (χ4v) is 8.04. The molecule has 0 spiro atoms. The van der Waals surface area contributed by atoms with Gasteiger partial charge >= 0.3 is 0 Å². The first-order valence-electron chi connectivity index (χ1n) is 24.8. The first-order valence-corrected chi connectivity index (χ1v) is 24.8. The van der Waals surface area contributed by atoms with Crippen LogP contribution in [0.1, 0.15) is 294 Å². The van der Waals surface area contributed by atoms with Gasteiger partial charge in [-0.2, -0.15) is 0 Å². The fraction of sp³-hybridized carbons (Fsp3) is 0.885. The van der Waals surface area contributed by atoms with Crippen LogP contribution in [0.4, 0.5) is 0 Å². The van der Waals surface area contributed by atoms with Gasteiger partial charge in [-0.1, -0.05) is 265 Å². The third kappa shape index (κ3) is 35.0. The fourth-order valence-electron chi connectivity index (χ4n) is 8.04. The quantitative estimate of drug-likeness (QED) is 0.0593. The van der Waals surface area contributed by atoms with Gasteiger partial charge < -0.3 is 0 Å². The summed E-state index contributed by atoms with van der Waals surface area (Å²) in [7, 11) is 0. The van der Waals surface area contributed by atoms with E-state index in [-0.39, 0.29) is 0 Å². The zero-order chi connectivity index (χ0) is 38.0. The molecule has 1 aromatic carbocycles. The lowest BCUT2D eigenvalue weighted by atomic mass is 9.90. The van der Waals surface area contributed by atoms with Crippen LogP contribution in [0, 0.1) is 6.92 Å². The highest BCUT2D eigenvalue weighted by molar-refractivity contribution is 5.38. The van der Waals surface area contributed by atoms with Gasteiger partial charge in [0, 0.05) is 0 Å². The van der Waals surface area contributed by atoms with Crippen LogP contribution in [-0.2, 0) is 19.3 Å². The molecule has 0 radical (unpaired) electrons. The SMILES string of the molecule is CCCCCCC.CCCCCCCCCCCCCCCc1cc(CCCCCCCC)c(CCCCCCCCCCCCCCC)cc1C. The zero-order valence-corrected chi connectivity index (χ0v) is 37.4. The molecule has 1 aromatic rings. The second-order valence-corrected chi connectivity index (χ2v) is 17.1. The van der Waals surface area contributed by atoms with E-state index < -0.39 is 0 Å². The number of benzene rings is 1. The summed E-state index contributed by atoms with van der Waals surface area (Å²) in [6.45, 7) is 13.8. The lowest BCUT2D eigenvalue weighted by molar-refractivity contribution is 0.538. The summed E-state index contributed by atoms with van der Waals surface area (Å²) in [6, 6.07) is 5.28. The third-order valence-electron chi connectivity index (χ3n) is 11.8. The van der Waals surface area contributed by atoms with Gasteiger partial charge in [-0.25, -0.2) is 0 Å². The molecule has 0 unspecified atom stereocenters. The molecule has 0 atom stereocenters. The van der Waals surface area contributed by atoms with Crippen molar-refractivity contribution in [2.45, 2.75) is 298 Å². The molecule has 0 amide bonds. The van der Waals surface area contributed by atoms with Crippen molar-refractivity contribution in [3.8, 4) is 0 Å². The van der Waals surface area contributed by atoms with Gasteiger partial charge in [-0.3, -0.25) is 0 Å². The van der Waals surface area contributed by atoms with Crippen molar-refractivity contribution in [3.63, 3.8) is 0 Å². The van der Waals surface area contributed by atoms with Gasteiger partial charge in [-0.15, -0.1) is 0 Å². The van der Waals surface area contributed by atoms with Crippen LogP contribution in [0.3, 0.4) is 0 Å². The Labute approximate surface area is 331 Å². The second-order valence-electron chi connectivity index (χ2n) is 17.1. The van der Waals surface area contributed by atoms with E-state index >= 15 is 0 Å². The molecule has 0 N–H and O–H groups in total. The van der Waals surface area contributed by atoms with Crippen LogP contribution in [0.15, 0.2) is 12.1 Å². The first kappa shape index (κ1) is 51.2. The Balaban J connectivity index is 0.00000335. The van der Waals surface area contributed by atoms with E-state index in [0.717, 1.165) is 0 Å². The molecule has 1 rings (SSSR count). The summed E-state index contributed by atoms with van der Waals surface area (Å²) in [5.74, 6) is 0. The Hall–Kier alpha value is -0.780. The monoisotopic (exact) mass is 725 g/mol. The van der Waals surface area contributed by atoms with E-state index in [1.54, 1.807) is 22.3 Å². The van der Waals surface area contributed by atoms with Gasteiger partial charge in [0.2, 0.25) is 0 Å². The summed E-state index contributed by atoms with van der Waals surface area (Å²) < 4.78 is 0. The van der Waals surface area contributed by atoms with E-state index in [0.29, 0.717) is 0 Å². The summed E-state index contributed by atoms with van der Waals surface area (Å²) in [6.07, 6.45) is 56.9. The average Bonchev–Trinajstić information content (AvgIpc) is 3.15. The molecule has 0 aliphatic rings. The predicted molar refractivity (Wildman–Crippen MR) is 241 cm³/mol. The maximum Gasteiger partial charge on any atom is -0.0276 e. The minimum Gasteiger partial charge on any atom is -0.0654 e. The molecule has 0 aromatic heterocycles. The molecule has 0 fully saturated rings. The smallest absolute Gasteiger partial charge is 0.0276 e. The average molecular weight is 725 g/mol. The molecule has 0 heterocycles. The van der Waals surface area contributed by atoms with Crippen LogP contribution in [0.25, 0.3) is 0 Å². The Morgan fingerprint density at radius 1 is 0.231 bits per heavy atom. The van der Waals surface area contributed by atoms with Crippen LogP contribution >= 0.6 is 0 Å². The minimum atomic E-state index is 1.30. The molecule has 0 heteroatoms. The van der Waals surface area contributed by atoms with E-state index in [4.69, 9.17) is 0 Å². The molecule has 0 aliphatic carbocycles. The lowest BCUT2D eigenvalue weighted by Gasteiger charge is -2.16. The van der Waals surface area contributed by atoms with Crippen molar-refractivity contribution in [3.05, 3.63) is 34.4 Å². The maximum atomic E-state index is 2.67. The Morgan fingerprint density at radius 3 is 0.692 bits per heavy atom. The van der Waals surface area contributed by atoms with Gasteiger partial charge in [0.15, 0.2) is 0 Å². The summed E-state index contributed by atoms with van der Waals surface area (Å²) in [4.78, 5) is 0. The van der Waals surface area contributed by atoms with E-state index in [1.807, 2.05) is 0 Å². The summed E-state index contributed by atoms with van der Waals surface area (Å²) in [5.41, 5.74) is 6.64. The standard InChI is InChI=1S/C45H84.C7H16/c1-5-8-11-14-17-19-21-23-25-27-29-32-34-37-43-41-45(39-36-31-16-13-10-7-3)44(40-42(43)4)38-35-33-30-28-26-24-22-20-18-15-12-9-6-2;1-3-5-7-6-4-2/h40-41H,5-39H2,1-4H3;3-7H2,1-2H3. The largest absolute Gasteiger partial charge is 0.0654 e. The minimum absolute atomic E-state index is 1.30. The number of hydrogen-bond donors (Lipinski definition) is 0. The first-order chi connectivity index (χ1) is 25.6. The molecule has 0 nitrogen and oxygen atoms in total. The van der Waals surface area contributed by atoms with Crippen molar-refractivity contribution in [1.82, 2.24) is 0 Å². The third-order valence-corrected chi connectivity index (χ3v) is 11.8. The van der Waals surface area contributed by atoms with Gasteiger partial charge in [-0.05, 0) is 67.7 Å². The van der Waals surface area contributed by atoms with Crippen molar-refractivity contribution < 1.29 is 0 Å². The highest BCUT2D eigenvalue weighted by Crippen LogP contribution is 2.24. The topological polar surface area (TPSA) is 0 Å². The molecule has 52 heavy (non-hydrogen) atoms. The maximum absolute atomic E-state index is 2.67. The van der Waals surface area contributed by atoms with E-state index in [9.17, 15) is 0 Å². The lowest BCUT2D eigenvalue weighted by Crippen LogP contribution is -2.01. The number of rotatable bonds is 39. The Kier molecular flexibility index (Phi) is 42.3. The highest BCUT2D eigenvalue weighted by Gasteiger charge is 2.09. The zero-order valence-electron chi connectivity index (χ0n) is 37.4. The number of aryl methyl sites for hydroxylation is 4. The predicted octanol–water partition coefficient (Wildman–Crippen LogP) is 19.1. The summed E-state index contributed by atoms with van der Waals surface area (Å²) >= 11 is 0. The molecule has 308 valence electrons. The molecule has 0 saturated heterocycles. The molecular formula is C52H100. The van der Waals surface area contributed by atoms with E-state index in [2.05, 4.69) is 53.7 Å². The van der Waals surface area contributed by atoms with E-state index in [1.165, 1.54) is 257 Å². The van der Waals surface area contributed by atoms with Crippen LogP contribution < -0.4 is 0 Å². The van der Waals surface area contributed by atoms with Gasteiger partial charge in [0.05, 0.1) is 0 Å². The van der Waals surface area contributed by atoms with Crippen LogP contribution in [0.2, 0.25) is 0 Å². The van der Waals surface area contributed by atoms with Crippen molar-refractivity contribution >= 4 is 0 Å². The second kappa shape index (κ2) is 43.0. The van der Waals surface area contributed by atoms with Gasteiger partial charge in [0.1, 0.15) is 0 Å². The number of unbranched alkanes of at least 4 members (excludes halogenated alkanes) is 33. The van der Waals surface area contributed by atoms with Crippen molar-refractivity contribution in [1.29, 1.82) is 0 Å². The van der Waals surface area contributed by atoms with Crippen molar-refractivity contribution in [2.75, 3.05) is 0 Å². The Morgan fingerprint density at radius 2 is 0.423 bits per heavy atom.